The summed E-state index contributed by atoms with van der Waals surface area (Å²) >= 11 is 0. The van der Waals surface area contributed by atoms with Crippen LogP contribution in [0.1, 0.15) is 72.2 Å². The van der Waals surface area contributed by atoms with Crippen LogP contribution < -0.4 is 4.90 Å². The number of nitrogens with zero attached hydrogens (tertiary/aromatic N) is 1. The van der Waals surface area contributed by atoms with Crippen molar-refractivity contribution in [1.82, 2.24) is 0 Å². The van der Waals surface area contributed by atoms with Gasteiger partial charge in [0.1, 0.15) is 0 Å². The molecule has 0 aromatic heterocycles. The smallest absolute Gasteiger partial charge is 0.0714 e. The highest BCUT2D eigenvalue weighted by molar-refractivity contribution is 5.98. The van der Waals surface area contributed by atoms with E-state index in [2.05, 4.69) is 245 Å². The van der Waals surface area contributed by atoms with E-state index in [1.807, 2.05) is 0 Å². The van der Waals surface area contributed by atoms with E-state index in [9.17, 15) is 0 Å². The minimum absolute atomic E-state index is 0.144. The van der Waals surface area contributed by atoms with Gasteiger partial charge in [-0.25, -0.2) is 0 Å². The van der Waals surface area contributed by atoms with E-state index in [0.29, 0.717) is 0 Å². The lowest BCUT2D eigenvalue weighted by Gasteiger charge is -2.35. The summed E-state index contributed by atoms with van der Waals surface area (Å²) in [4.78, 5) is 2.56. The van der Waals surface area contributed by atoms with Crippen molar-refractivity contribution in [3.63, 3.8) is 0 Å². The predicted octanol–water partition coefficient (Wildman–Crippen LogP) is 15.8. The topological polar surface area (TPSA) is 3.24 Å². The molecule has 0 N–H and O–H groups in total. The molecule has 0 bridgehead atoms. The zero-order chi connectivity index (χ0) is 41.8. The molecule has 296 valence electrons. The molecule has 0 heterocycles. The molecule has 1 unspecified atom stereocenters. The van der Waals surface area contributed by atoms with E-state index in [1.54, 1.807) is 0 Å². The molecular weight excluding hydrogens is 747 g/mol. The standard InChI is InChI=1S/C61H47N/c1-59(2)51-25-14-11-22-46(51)48-36-34-44(38-55(48)59)62(45-35-37-49-47-23-12-15-26-52(47)60(3,4)56(49)39-45)57-29-17-28-54-58(57)50-24-13-16-27-53(50)61(54,42-20-9-6-10-21-42)43-32-30-41(31-33-43)40-18-7-5-8-19-40/h5-39H,1-4H3. The van der Waals surface area contributed by atoms with Gasteiger partial charge in [-0.05, 0) is 114 Å². The van der Waals surface area contributed by atoms with E-state index in [1.165, 1.54) is 94.7 Å². The summed E-state index contributed by atoms with van der Waals surface area (Å²) in [5.74, 6) is 0. The molecule has 3 aliphatic carbocycles. The molecule has 0 amide bonds. The maximum absolute atomic E-state index is 2.56. The quantitative estimate of drug-likeness (QED) is 0.162. The van der Waals surface area contributed by atoms with Crippen LogP contribution in [0.25, 0.3) is 44.5 Å². The van der Waals surface area contributed by atoms with Crippen molar-refractivity contribution in [1.29, 1.82) is 0 Å². The lowest BCUT2D eigenvalue weighted by atomic mass is 9.67. The first-order valence-corrected chi connectivity index (χ1v) is 22.0. The van der Waals surface area contributed by atoms with Crippen LogP contribution in [0.3, 0.4) is 0 Å². The summed E-state index contributed by atoms with van der Waals surface area (Å²) < 4.78 is 0. The van der Waals surface area contributed by atoms with Crippen LogP contribution in [-0.2, 0) is 16.2 Å². The lowest BCUT2D eigenvalue weighted by molar-refractivity contribution is 0.660. The van der Waals surface area contributed by atoms with Gasteiger partial charge in [0.25, 0.3) is 0 Å². The summed E-state index contributed by atoms with van der Waals surface area (Å²) in [7, 11) is 0. The molecule has 9 aromatic carbocycles. The SMILES string of the molecule is CC1(C)c2ccccc2-c2ccc(N(c3ccc4c(c3)C(C)(C)c3ccccc3-4)c3cccc4c3-c3ccccc3C4(c3ccccc3)c3ccc(-c4ccccc4)cc3)cc21. The van der Waals surface area contributed by atoms with Crippen molar-refractivity contribution in [2.45, 2.75) is 43.9 Å². The number of hydrogen-bond donors (Lipinski definition) is 0. The Labute approximate surface area is 365 Å². The van der Waals surface area contributed by atoms with Gasteiger partial charge in [-0.15, -0.1) is 0 Å². The Hall–Kier alpha value is -7.22. The maximum Gasteiger partial charge on any atom is 0.0714 e. The van der Waals surface area contributed by atoms with E-state index in [-0.39, 0.29) is 10.8 Å². The van der Waals surface area contributed by atoms with Gasteiger partial charge in [0.2, 0.25) is 0 Å². The van der Waals surface area contributed by atoms with Crippen molar-refractivity contribution in [2.24, 2.45) is 0 Å². The van der Waals surface area contributed by atoms with Gasteiger partial charge in [-0.3, -0.25) is 0 Å². The molecule has 0 spiro atoms. The molecule has 1 heteroatoms. The third-order valence-electron chi connectivity index (χ3n) is 14.6. The molecule has 1 nitrogen and oxygen atoms in total. The monoisotopic (exact) mass is 793 g/mol. The molecular formula is C61H47N. The highest BCUT2D eigenvalue weighted by Crippen LogP contribution is 2.61. The van der Waals surface area contributed by atoms with Gasteiger partial charge in [0.15, 0.2) is 0 Å². The second-order valence-electron chi connectivity index (χ2n) is 18.4. The second-order valence-corrected chi connectivity index (χ2v) is 18.4. The molecule has 0 radical (unpaired) electrons. The van der Waals surface area contributed by atoms with Crippen LogP contribution >= 0.6 is 0 Å². The Kier molecular flexibility index (Phi) is 7.91. The van der Waals surface area contributed by atoms with E-state index in [0.717, 1.165) is 11.4 Å². The summed E-state index contributed by atoms with van der Waals surface area (Å²) in [5.41, 5.74) is 23.6. The number of anilines is 3. The lowest BCUT2D eigenvalue weighted by Crippen LogP contribution is -2.28. The highest BCUT2D eigenvalue weighted by Gasteiger charge is 2.48. The zero-order valence-corrected chi connectivity index (χ0v) is 35.7. The Morgan fingerprint density at radius 2 is 0.742 bits per heavy atom. The first-order valence-electron chi connectivity index (χ1n) is 22.0. The average molecular weight is 794 g/mol. The van der Waals surface area contributed by atoms with Crippen molar-refractivity contribution >= 4 is 17.1 Å². The van der Waals surface area contributed by atoms with Crippen molar-refractivity contribution in [3.8, 4) is 44.5 Å². The largest absolute Gasteiger partial charge is 0.310 e. The van der Waals surface area contributed by atoms with Gasteiger partial charge in [-0.1, -0.05) is 210 Å². The number of rotatable bonds is 6. The van der Waals surface area contributed by atoms with Crippen LogP contribution in [0.2, 0.25) is 0 Å². The number of fused-ring (bicyclic) bond motifs is 9. The van der Waals surface area contributed by atoms with Gasteiger partial charge < -0.3 is 4.90 Å². The van der Waals surface area contributed by atoms with E-state index >= 15 is 0 Å². The fourth-order valence-electron chi connectivity index (χ4n) is 11.6. The highest BCUT2D eigenvalue weighted by atomic mass is 15.1. The molecule has 0 aliphatic heterocycles. The first-order chi connectivity index (χ1) is 30.3. The minimum atomic E-state index is -0.548. The Morgan fingerprint density at radius 3 is 1.32 bits per heavy atom. The van der Waals surface area contributed by atoms with Gasteiger partial charge in [-0.2, -0.15) is 0 Å². The summed E-state index contributed by atoms with van der Waals surface area (Å²) in [6, 6.07) is 79.8. The molecule has 9 aromatic rings. The zero-order valence-electron chi connectivity index (χ0n) is 35.7. The maximum atomic E-state index is 2.56. The van der Waals surface area contributed by atoms with Crippen LogP contribution in [0.4, 0.5) is 17.1 Å². The molecule has 1 atom stereocenters. The van der Waals surface area contributed by atoms with Crippen LogP contribution in [0.15, 0.2) is 212 Å². The van der Waals surface area contributed by atoms with Gasteiger partial charge in [0.05, 0.1) is 11.1 Å². The third-order valence-corrected chi connectivity index (χ3v) is 14.6. The van der Waals surface area contributed by atoms with Crippen molar-refractivity contribution in [2.75, 3.05) is 4.90 Å². The second kappa shape index (κ2) is 13.4. The summed E-state index contributed by atoms with van der Waals surface area (Å²) in [5, 5.41) is 0. The van der Waals surface area contributed by atoms with Crippen LogP contribution in [-0.4, -0.2) is 0 Å². The fourth-order valence-corrected chi connectivity index (χ4v) is 11.6. The number of hydrogen-bond acceptors (Lipinski definition) is 1. The Morgan fingerprint density at radius 1 is 0.306 bits per heavy atom. The van der Waals surface area contributed by atoms with Crippen LogP contribution in [0, 0.1) is 0 Å². The normalized spacial score (nSPS) is 16.7. The third kappa shape index (κ3) is 5.03. The van der Waals surface area contributed by atoms with E-state index < -0.39 is 5.41 Å². The van der Waals surface area contributed by atoms with Gasteiger partial charge in [0, 0.05) is 27.8 Å². The van der Waals surface area contributed by atoms with E-state index in [4.69, 9.17) is 0 Å². The van der Waals surface area contributed by atoms with Crippen LogP contribution in [0.5, 0.6) is 0 Å². The molecule has 0 saturated heterocycles. The molecule has 0 saturated carbocycles. The number of benzene rings is 9. The Balaban J connectivity index is 1.13. The average Bonchev–Trinajstić information content (AvgIpc) is 3.85. The predicted molar refractivity (Wildman–Crippen MR) is 259 cm³/mol. The summed E-state index contributed by atoms with van der Waals surface area (Å²) in [6.45, 7) is 9.53. The summed E-state index contributed by atoms with van der Waals surface area (Å²) in [6.07, 6.45) is 0. The van der Waals surface area contributed by atoms with Gasteiger partial charge >= 0.3 is 0 Å². The Bertz CT molecular complexity index is 3120. The minimum Gasteiger partial charge on any atom is -0.310 e. The molecule has 0 fully saturated rings. The first kappa shape index (κ1) is 36.6. The molecule has 12 rings (SSSR count). The van der Waals surface area contributed by atoms with Crippen molar-refractivity contribution in [3.05, 3.63) is 257 Å². The molecule has 62 heavy (non-hydrogen) atoms. The fraction of sp³-hybridized carbons (Fsp3) is 0.115. The van der Waals surface area contributed by atoms with Crippen molar-refractivity contribution < 1.29 is 0 Å². The molecule has 3 aliphatic rings.